The molecule has 2 aliphatic heterocycles. The molecule has 0 spiro atoms. The molecule has 15 heavy (non-hydrogen) atoms. The first-order chi connectivity index (χ1) is 7.25. The molecule has 2 heterocycles. The Hall–Kier alpha value is -0.610. The Labute approximate surface area is 91.4 Å². The normalized spacial score (nSPS) is 28.7. The first-order valence-electron chi connectivity index (χ1n) is 6.01. The summed E-state index contributed by atoms with van der Waals surface area (Å²) in [4.78, 5) is 15.9. The SMILES string of the molecule is NC1CC(=O)N(CCN2CCCCC2)C1. The summed E-state index contributed by atoms with van der Waals surface area (Å²) in [5, 5.41) is 0. The number of carbonyl (C=O) groups excluding carboxylic acids is 1. The highest BCUT2D eigenvalue weighted by molar-refractivity contribution is 5.79. The Morgan fingerprint density at radius 1 is 1.20 bits per heavy atom. The van der Waals surface area contributed by atoms with Crippen molar-refractivity contribution < 1.29 is 4.79 Å². The van der Waals surface area contributed by atoms with Crippen LogP contribution in [0.15, 0.2) is 0 Å². The number of hydrogen-bond acceptors (Lipinski definition) is 3. The molecular weight excluding hydrogens is 190 g/mol. The second-order valence-electron chi connectivity index (χ2n) is 4.71. The summed E-state index contributed by atoms with van der Waals surface area (Å²) < 4.78 is 0. The Balaban J connectivity index is 1.70. The van der Waals surface area contributed by atoms with Crippen molar-refractivity contribution in [3.63, 3.8) is 0 Å². The molecule has 0 aromatic heterocycles. The monoisotopic (exact) mass is 211 g/mol. The molecule has 0 radical (unpaired) electrons. The van der Waals surface area contributed by atoms with E-state index in [1.54, 1.807) is 0 Å². The van der Waals surface area contributed by atoms with E-state index in [0.29, 0.717) is 6.42 Å². The first kappa shape index (κ1) is 10.9. The van der Waals surface area contributed by atoms with Gasteiger partial charge in [0.25, 0.3) is 0 Å². The number of rotatable bonds is 3. The predicted octanol–water partition coefficient (Wildman–Crippen LogP) is 0.0319. The van der Waals surface area contributed by atoms with E-state index in [1.165, 1.54) is 32.4 Å². The molecule has 0 bridgehead atoms. The van der Waals surface area contributed by atoms with Gasteiger partial charge in [0.15, 0.2) is 0 Å². The first-order valence-corrected chi connectivity index (χ1v) is 6.01. The van der Waals surface area contributed by atoms with Crippen LogP contribution in [0.3, 0.4) is 0 Å². The molecule has 1 unspecified atom stereocenters. The fourth-order valence-electron chi connectivity index (χ4n) is 2.46. The number of likely N-dealkylation sites (tertiary alicyclic amines) is 2. The molecule has 4 nitrogen and oxygen atoms in total. The number of piperidine rings is 1. The summed E-state index contributed by atoms with van der Waals surface area (Å²) >= 11 is 0. The molecule has 2 aliphatic rings. The van der Waals surface area contributed by atoms with Crippen LogP contribution in [-0.4, -0.2) is 54.5 Å². The van der Waals surface area contributed by atoms with Gasteiger partial charge in [-0.15, -0.1) is 0 Å². The highest BCUT2D eigenvalue weighted by Crippen LogP contribution is 2.11. The van der Waals surface area contributed by atoms with Crippen LogP contribution in [-0.2, 0) is 4.79 Å². The second-order valence-corrected chi connectivity index (χ2v) is 4.71. The van der Waals surface area contributed by atoms with Crippen molar-refractivity contribution in [2.75, 3.05) is 32.7 Å². The van der Waals surface area contributed by atoms with Crippen molar-refractivity contribution >= 4 is 5.91 Å². The molecule has 1 atom stereocenters. The summed E-state index contributed by atoms with van der Waals surface area (Å²) in [6.07, 6.45) is 4.53. The third-order valence-corrected chi connectivity index (χ3v) is 3.38. The highest BCUT2D eigenvalue weighted by atomic mass is 16.2. The van der Waals surface area contributed by atoms with Crippen LogP contribution in [0, 0.1) is 0 Å². The molecule has 1 amide bonds. The van der Waals surface area contributed by atoms with Crippen LogP contribution in [0.4, 0.5) is 0 Å². The van der Waals surface area contributed by atoms with E-state index in [-0.39, 0.29) is 11.9 Å². The molecular formula is C11H21N3O. The summed E-state index contributed by atoms with van der Waals surface area (Å²) in [6, 6.07) is 0.0684. The minimum absolute atomic E-state index is 0.0684. The van der Waals surface area contributed by atoms with E-state index < -0.39 is 0 Å². The van der Waals surface area contributed by atoms with E-state index in [1.807, 2.05) is 4.90 Å². The highest BCUT2D eigenvalue weighted by Gasteiger charge is 2.26. The minimum atomic E-state index is 0.0684. The lowest BCUT2D eigenvalue weighted by atomic mass is 10.1. The number of amides is 1. The van der Waals surface area contributed by atoms with Gasteiger partial charge in [-0.25, -0.2) is 0 Å². The average Bonchev–Trinajstić information content (AvgIpc) is 2.56. The minimum Gasteiger partial charge on any atom is -0.340 e. The molecule has 86 valence electrons. The summed E-state index contributed by atoms with van der Waals surface area (Å²) in [5.41, 5.74) is 5.75. The Kier molecular flexibility index (Phi) is 3.59. The molecule has 0 aliphatic carbocycles. The van der Waals surface area contributed by atoms with E-state index in [4.69, 9.17) is 5.73 Å². The lowest BCUT2D eigenvalue weighted by molar-refractivity contribution is -0.127. The molecule has 0 aromatic carbocycles. The maximum Gasteiger partial charge on any atom is 0.224 e. The molecule has 2 saturated heterocycles. The van der Waals surface area contributed by atoms with Gasteiger partial charge in [0.1, 0.15) is 0 Å². The van der Waals surface area contributed by atoms with Gasteiger partial charge in [-0.3, -0.25) is 4.79 Å². The van der Waals surface area contributed by atoms with E-state index in [0.717, 1.165) is 19.6 Å². The molecule has 4 heteroatoms. The Morgan fingerprint density at radius 2 is 1.93 bits per heavy atom. The van der Waals surface area contributed by atoms with Gasteiger partial charge in [0.2, 0.25) is 5.91 Å². The van der Waals surface area contributed by atoms with Crippen molar-refractivity contribution in [1.29, 1.82) is 0 Å². The predicted molar refractivity (Wildman–Crippen MR) is 59.5 cm³/mol. The zero-order valence-corrected chi connectivity index (χ0v) is 9.32. The lowest BCUT2D eigenvalue weighted by Gasteiger charge is -2.28. The van der Waals surface area contributed by atoms with Gasteiger partial charge in [0.05, 0.1) is 0 Å². The van der Waals surface area contributed by atoms with Gasteiger partial charge in [-0.2, -0.15) is 0 Å². The average molecular weight is 211 g/mol. The third-order valence-electron chi connectivity index (χ3n) is 3.38. The van der Waals surface area contributed by atoms with Crippen LogP contribution in [0.25, 0.3) is 0 Å². The zero-order chi connectivity index (χ0) is 10.7. The molecule has 2 N–H and O–H groups in total. The van der Waals surface area contributed by atoms with Gasteiger partial charge >= 0.3 is 0 Å². The smallest absolute Gasteiger partial charge is 0.224 e. The second kappa shape index (κ2) is 4.94. The zero-order valence-electron chi connectivity index (χ0n) is 9.32. The van der Waals surface area contributed by atoms with Crippen LogP contribution in [0.1, 0.15) is 25.7 Å². The number of nitrogens with zero attached hydrogens (tertiary/aromatic N) is 2. The van der Waals surface area contributed by atoms with Gasteiger partial charge in [0, 0.05) is 32.1 Å². The molecule has 0 saturated carbocycles. The maximum atomic E-state index is 11.5. The number of carbonyl (C=O) groups is 1. The van der Waals surface area contributed by atoms with Crippen LogP contribution >= 0.6 is 0 Å². The van der Waals surface area contributed by atoms with Crippen molar-refractivity contribution in [2.24, 2.45) is 5.73 Å². The van der Waals surface area contributed by atoms with Crippen molar-refractivity contribution in [2.45, 2.75) is 31.7 Å². The van der Waals surface area contributed by atoms with E-state index >= 15 is 0 Å². The Bertz CT molecular complexity index is 226. The van der Waals surface area contributed by atoms with Crippen LogP contribution in [0.5, 0.6) is 0 Å². The fraction of sp³-hybridized carbons (Fsp3) is 0.909. The van der Waals surface area contributed by atoms with Gasteiger partial charge in [-0.1, -0.05) is 6.42 Å². The largest absolute Gasteiger partial charge is 0.340 e. The van der Waals surface area contributed by atoms with Gasteiger partial charge < -0.3 is 15.5 Å². The Morgan fingerprint density at radius 3 is 2.53 bits per heavy atom. The van der Waals surface area contributed by atoms with Crippen LogP contribution < -0.4 is 5.73 Å². The van der Waals surface area contributed by atoms with E-state index in [9.17, 15) is 4.79 Å². The molecule has 2 rings (SSSR count). The fourth-order valence-corrected chi connectivity index (χ4v) is 2.46. The standard InChI is InChI=1S/C11H21N3O/c12-10-8-11(15)14(9-10)7-6-13-4-2-1-3-5-13/h10H,1-9,12H2. The van der Waals surface area contributed by atoms with E-state index in [2.05, 4.69) is 4.90 Å². The van der Waals surface area contributed by atoms with Crippen molar-refractivity contribution in [3.8, 4) is 0 Å². The maximum absolute atomic E-state index is 11.5. The van der Waals surface area contributed by atoms with Crippen LogP contribution in [0.2, 0.25) is 0 Å². The summed E-state index contributed by atoms with van der Waals surface area (Å²) in [6.45, 7) is 5.06. The lowest BCUT2D eigenvalue weighted by Crippen LogP contribution is -2.39. The molecule has 2 fully saturated rings. The van der Waals surface area contributed by atoms with Crippen molar-refractivity contribution in [1.82, 2.24) is 9.80 Å². The third kappa shape index (κ3) is 2.92. The molecule has 0 aromatic rings. The summed E-state index contributed by atoms with van der Waals surface area (Å²) in [5.74, 6) is 0.236. The van der Waals surface area contributed by atoms with Gasteiger partial charge in [-0.05, 0) is 25.9 Å². The summed E-state index contributed by atoms with van der Waals surface area (Å²) in [7, 11) is 0. The topological polar surface area (TPSA) is 49.6 Å². The number of nitrogens with two attached hydrogens (primary N) is 1. The number of hydrogen-bond donors (Lipinski definition) is 1. The van der Waals surface area contributed by atoms with Crippen molar-refractivity contribution in [3.05, 3.63) is 0 Å². The quantitative estimate of drug-likeness (QED) is 0.716.